The monoisotopic (exact) mass is 234 g/mol. The van der Waals surface area contributed by atoms with Crippen LogP contribution >= 0.6 is 11.3 Å². The molecule has 4 nitrogen and oxygen atoms in total. The van der Waals surface area contributed by atoms with Gasteiger partial charge in [-0.1, -0.05) is 12.1 Å². The van der Waals surface area contributed by atoms with Gasteiger partial charge in [0.2, 0.25) is 0 Å². The topological polar surface area (TPSA) is 76.2 Å². The zero-order chi connectivity index (χ0) is 11.7. The van der Waals surface area contributed by atoms with E-state index >= 15 is 0 Å². The highest BCUT2D eigenvalue weighted by molar-refractivity contribution is 7.12. The van der Waals surface area contributed by atoms with Crippen LogP contribution in [0.1, 0.15) is 15.2 Å². The molecule has 0 aliphatic heterocycles. The lowest BCUT2D eigenvalue weighted by atomic mass is 10.1. The number of aromatic carboxylic acids is 1. The normalized spacial score (nSPS) is 10.3. The number of nitrogens with zero attached hydrogens (tertiary/aromatic N) is 1. The number of rotatable bonds is 2. The van der Waals surface area contributed by atoms with E-state index < -0.39 is 5.97 Å². The van der Waals surface area contributed by atoms with Gasteiger partial charge in [-0.25, -0.2) is 9.78 Å². The van der Waals surface area contributed by atoms with Crippen molar-refractivity contribution >= 4 is 23.0 Å². The van der Waals surface area contributed by atoms with Gasteiger partial charge in [-0.15, -0.1) is 11.3 Å². The van der Waals surface area contributed by atoms with Gasteiger partial charge in [0.25, 0.3) is 0 Å². The molecule has 0 unspecified atom stereocenters. The van der Waals surface area contributed by atoms with Crippen molar-refractivity contribution in [3.05, 3.63) is 34.2 Å². The minimum atomic E-state index is -0.961. The first-order chi connectivity index (χ1) is 7.59. The van der Waals surface area contributed by atoms with Crippen LogP contribution in [-0.4, -0.2) is 16.1 Å². The van der Waals surface area contributed by atoms with Crippen LogP contribution in [0.4, 0.5) is 5.69 Å². The Bertz CT molecular complexity index is 549. The van der Waals surface area contributed by atoms with Crippen molar-refractivity contribution in [2.45, 2.75) is 6.92 Å². The van der Waals surface area contributed by atoms with Crippen LogP contribution in [0.15, 0.2) is 23.7 Å². The van der Waals surface area contributed by atoms with E-state index in [-0.39, 0.29) is 4.88 Å². The zero-order valence-corrected chi connectivity index (χ0v) is 9.41. The van der Waals surface area contributed by atoms with Crippen LogP contribution in [0.5, 0.6) is 0 Å². The van der Waals surface area contributed by atoms with Gasteiger partial charge in [-0.05, 0) is 18.6 Å². The molecule has 0 amide bonds. The third-order valence-electron chi connectivity index (χ3n) is 2.31. The number of anilines is 1. The molecular weight excluding hydrogens is 224 g/mol. The molecule has 5 heteroatoms. The summed E-state index contributed by atoms with van der Waals surface area (Å²) in [5, 5.41) is 8.98. The first-order valence-corrected chi connectivity index (χ1v) is 5.51. The minimum Gasteiger partial charge on any atom is -0.477 e. The number of hydrogen-bond acceptors (Lipinski definition) is 4. The second kappa shape index (κ2) is 3.94. The van der Waals surface area contributed by atoms with Gasteiger partial charge in [0.05, 0.1) is 11.2 Å². The highest BCUT2D eigenvalue weighted by Gasteiger charge is 2.15. The quantitative estimate of drug-likeness (QED) is 0.782. The second-order valence-electron chi connectivity index (χ2n) is 3.41. The van der Waals surface area contributed by atoms with Crippen LogP contribution < -0.4 is 5.73 Å². The smallest absolute Gasteiger partial charge is 0.348 e. The summed E-state index contributed by atoms with van der Waals surface area (Å²) in [6.07, 6.45) is 0. The number of thiazole rings is 1. The molecule has 0 fully saturated rings. The highest BCUT2D eigenvalue weighted by atomic mass is 32.1. The average molecular weight is 234 g/mol. The Hall–Kier alpha value is -1.88. The van der Waals surface area contributed by atoms with Crippen molar-refractivity contribution in [2.24, 2.45) is 0 Å². The van der Waals surface area contributed by atoms with E-state index in [9.17, 15) is 4.79 Å². The number of aromatic nitrogens is 1. The number of nitrogen functional groups attached to an aromatic ring is 1. The molecule has 3 N–H and O–H groups in total. The van der Waals surface area contributed by atoms with Crippen LogP contribution in [0, 0.1) is 6.92 Å². The van der Waals surface area contributed by atoms with Gasteiger partial charge in [-0.3, -0.25) is 0 Å². The molecule has 2 rings (SSSR count). The van der Waals surface area contributed by atoms with Crippen LogP contribution in [0.25, 0.3) is 11.3 Å². The summed E-state index contributed by atoms with van der Waals surface area (Å²) >= 11 is 1.11. The Kier molecular flexibility index (Phi) is 2.62. The summed E-state index contributed by atoms with van der Waals surface area (Å²) in [6, 6.07) is 5.43. The maximum absolute atomic E-state index is 10.9. The summed E-state index contributed by atoms with van der Waals surface area (Å²) in [4.78, 5) is 15.2. The van der Waals surface area contributed by atoms with Gasteiger partial charge in [0.1, 0.15) is 4.88 Å². The van der Waals surface area contributed by atoms with Crippen molar-refractivity contribution < 1.29 is 9.90 Å². The van der Waals surface area contributed by atoms with Crippen molar-refractivity contribution in [2.75, 3.05) is 5.73 Å². The number of carboxylic acids is 1. The number of hydrogen-bond donors (Lipinski definition) is 2. The van der Waals surface area contributed by atoms with Gasteiger partial charge in [0, 0.05) is 11.3 Å². The SMILES string of the molecule is Cc1ccc(-c2ncsc2C(=O)O)cc1N. The van der Waals surface area contributed by atoms with Crippen LogP contribution in [0.2, 0.25) is 0 Å². The molecule has 1 heterocycles. The average Bonchev–Trinajstić information content (AvgIpc) is 2.71. The fraction of sp³-hybridized carbons (Fsp3) is 0.0909. The molecule has 2 aromatic rings. The zero-order valence-electron chi connectivity index (χ0n) is 8.60. The Morgan fingerprint density at radius 2 is 2.25 bits per heavy atom. The van der Waals surface area contributed by atoms with Crippen molar-refractivity contribution in [1.82, 2.24) is 4.98 Å². The molecule has 16 heavy (non-hydrogen) atoms. The van der Waals surface area contributed by atoms with E-state index in [2.05, 4.69) is 4.98 Å². The molecule has 0 aliphatic carbocycles. The largest absolute Gasteiger partial charge is 0.477 e. The molecule has 0 aliphatic rings. The molecule has 1 aromatic carbocycles. The molecule has 0 saturated carbocycles. The highest BCUT2D eigenvalue weighted by Crippen LogP contribution is 2.27. The van der Waals surface area contributed by atoms with Gasteiger partial charge in [0.15, 0.2) is 0 Å². The number of benzene rings is 1. The van der Waals surface area contributed by atoms with Gasteiger partial charge in [-0.2, -0.15) is 0 Å². The summed E-state index contributed by atoms with van der Waals surface area (Å²) < 4.78 is 0. The minimum absolute atomic E-state index is 0.239. The lowest BCUT2D eigenvalue weighted by Crippen LogP contribution is -1.96. The Balaban J connectivity index is 2.54. The van der Waals surface area contributed by atoms with E-state index in [1.54, 1.807) is 6.07 Å². The van der Waals surface area contributed by atoms with E-state index in [1.807, 2.05) is 19.1 Å². The second-order valence-corrected chi connectivity index (χ2v) is 4.26. The summed E-state index contributed by atoms with van der Waals surface area (Å²) in [7, 11) is 0. The van der Waals surface area contributed by atoms with Crippen molar-refractivity contribution in [1.29, 1.82) is 0 Å². The molecule has 0 spiro atoms. The molecule has 0 radical (unpaired) electrons. The lowest BCUT2D eigenvalue weighted by Gasteiger charge is -2.03. The maximum atomic E-state index is 10.9. The predicted octanol–water partition coefficient (Wildman–Crippen LogP) is 2.40. The molecule has 82 valence electrons. The van der Waals surface area contributed by atoms with Crippen molar-refractivity contribution in [3.8, 4) is 11.3 Å². The van der Waals surface area contributed by atoms with Crippen molar-refractivity contribution in [3.63, 3.8) is 0 Å². The summed E-state index contributed by atoms with van der Waals surface area (Å²) in [6.45, 7) is 1.90. The molecular formula is C11H10N2O2S. The number of carboxylic acid groups (broad SMARTS) is 1. The van der Waals surface area contributed by atoms with Crippen LogP contribution in [0.3, 0.4) is 0 Å². The molecule has 0 saturated heterocycles. The Labute approximate surface area is 96.4 Å². The molecule has 0 atom stereocenters. The van der Waals surface area contributed by atoms with E-state index in [4.69, 9.17) is 10.8 Å². The first-order valence-electron chi connectivity index (χ1n) is 4.63. The number of nitrogens with two attached hydrogens (primary N) is 1. The molecule has 0 bridgehead atoms. The third-order valence-corrected chi connectivity index (χ3v) is 3.13. The van der Waals surface area contributed by atoms with E-state index in [0.717, 1.165) is 22.5 Å². The first kappa shape index (κ1) is 10.6. The lowest BCUT2D eigenvalue weighted by molar-refractivity contribution is 0.0702. The number of carbonyl (C=O) groups is 1. The third kappa shape index (κ3) is 1.77. The summed E-state index contributed by atoms with van der Waals surface area (Å²) in [5.41, 5.74) is 10.1. The Morgan fingerprint density at radius 1 is 1.50 bits per heavy atom. The van der Waals surface area contributed by atoms with Gasteiger partial charge >= 0.3 is 5.97 Å². The van der Waals surface area contributed by atoms with Gasteiger partial charge < -0.3 is 10.8 Å². The van der Waals surface area contributed by atoms with E-state index in [1.165, 1.54) is 5.51 Å². The van der Waals surface area contributed by atoms with E-state index in [0.29, 0.717) is 11.4 Å². The summed E-state index contributed by atoms with van der Waals surface area (Å²) in [5.74, 6) is -0.961. The maximum Gasteiger partial charge on any atom is 0.348 e. The fourth-order valence-electron chi connectivity index (χ4n) is 1.39. The number of aryl methyl sites for hydroxylation is 1. The fourth-order valence-corrected chi connectivity index (χ4v) is 2.04. The van der Waals surface area contributed by atoms with Crippen LogP contribution in [-0.2, 0) is 0 Å². The Morgan fingerprint density at radius 3 is 2.88 bits per heavy atom. The standard InChI is InChI=1S/C11H10N2O2S/c1-6-2-3-7(4-8(6)12)9-10(11(14)15)16-5-13-9/h2-5H,12H2,1H3,(H,14,15). The molecule has 1 aromatic heterocycles. The predicted molar refractivity (Wildman–Crippen MR) is 63.7 cm³/mol.